The van der Waals surface area contributed by atoms with Gasteiger partial charge in [0.1, 0.15) is 22.8 Å². The minimum Gasteiger partial charge on any atom is -0.477 e. The number of aromatic nitrogens is 2. The quantitative estimate of drug-likeness (QED) is 0.759. The van der Waals surface area contributed by atoms with Crippen LogP contribution in [0.15, 0.2) is 17.3 Å². The average Bonchev–Trinajstić information content (AvgIpc) is 2.82. The molecular formula is C14H16N4O4S. The Hall–Kier alpha value is -2.29. The van der Waals surface area contributed by atoms with E-state index in [0.29, 0.717) is 22.7 Å². The molecule has 3 heterocycles. The summed E-state index contributed by atoms with van der Waals surface area (Å²) in [5.74, 6) is -1.39. The van der Waals surface area contributed by atoms with Crippen LogP contribution in [0.4, 0.5) is 0 Å². The number of fused-ring (bicyclic) bond motifs is 1. The lowest BCUT2D eigenvalue weighted by atomic mass is 10.0. The van der Waals surface area contributed by atoms with Gasteiger partial charge in [-0.1, -0.05) is 0 Å². The predicted molar refractivity (Wildman–Crippen MR) is 82.6 cm³/mol. The Labute approximate surface area is 136 Å². The second-order valence-corrected chi connectivity index (χ2v) is 6.69. The zero-order valence-electron chi connectivity index (χ0n) is 12.9. The summed E-state index contributed by atoms with van der Waals surface area (Å²) in [6, 6.07) is 0.918. The van der Waals surface area contributed by atoms with Crippen molar-refractivity contribution in [1.82, 2.24) is 20.0 Å². The van der Waals surface area contributed by atoms with E-state index in [1.165, 1.54) is 21.3 Å². The molecule has 3 rings (SSSR count). The van der Waals surface area contributed by atoms with Crippen molar-refractivity contribution < 1.29 is 19.5 Å². The summed E-state index contributed by atoms with van der Waals surface area (Å²) in [6.45, 7) is 3.47. The topological polar surface area (TPSA) is 105 Å². The van der Waals surface area contributed by atoms with Gasteiger partial charge < -0.3 is 10.4 Å². The number of nitrogens with one attached hydrogen (secondary N) is 1. The van der Waals surface area contributed by atoms with E-state index in [0.717, 1.165) is 0 Å². The second-order valence-electron chi connectivity index (χ2n) is 5.59. The number of aryl methyl sites for hydroxylation is 2. The molecule has 2 amide bonds. The van der Waals surface area contributed by atoms with Crippen molar-refractivity contribution in [2.24, 2.45) is 7.05 Å². The predicted octanol–water partition coefficient (Wildman–Crippen LogP) is 0.101. The fraction of sp³-hybridized carbons (Fsp3) is 0.429. The Morgan fingerprint density at radius 2 is 2.13 bits per heavy atom. The number of carboxylic acid groups (broad SMARTS) is 1. The fourth-order valence-electron chi connectivity index (χ4n) is 2.81. The van der Waals surface area contributed by atoms with Crippen LogP contribution in [-0.2, 0) is 16.6 Å². The highest BCUT2D eigenvalue weighted by Crippen LogP contribution is 2.40. The number of amides is 2. The van der Waals surface area contributed by atoms with E-state index in [9.17, 15) is 19.5 Å². The summed E-state index contributed by atoms with van der Waals surface area (Å²) >= 11 is 1.45. The number of hydrogen-bond acceptors (Lipinski definition) is 5. The van der Waals surface area contributed by atoms with E-state index in [1.54, 1.807) is 27.0 Å². The van der Waals surface area contributed by atoms with Crippen LogP contribution in [0.2, 0.25) is 0 Å². The standard InChI is InChI=1S/C14H16N4O4S/c1-6-5-23-13-9(12(20)18(13)10(6)14(21)22)15-11(19)8-4-7(2)16-17(8)3/h4,9,13H,5H2,1-3H3,(H,15,19)(H,21,22)/t9-,13+/m1/s1. The van der Waals surface area contributed by atoms with Gasteiger partial charge >= 0.3 is 5.97 Å². The van der Waals surface area contributed by atoms with Crippen molar-refractivity contribution >= 4 is 29.5 Å². The van der Waals surface area contributed by atoms with Gasteiger partial charge in [-0.15, -0.1) is 11.8 Å². The number of carbonyl (C=O) groups excluding carboxylic acids is 2. The molecule has 1 fully saturated rings. The van der Waals surface area contributed by atoms with Crippen molar-refractivity contribution in [2.45, 2.75) is 25.3 Å². The molecule has 0 spiro atoms. The molecule has 0 radical (unpaired) electrons. The lowest BCUT2D eigenvalue weighted by molar-refractivity contribution is -0.148. The lowest BCUT2D eigenvalue weighted by Gasteiger charge is -2.49. The molecule has 2 aliphatic rings. The largest absolute Gasteiger partial charge is 0.477 e. The van der Waals surface area contributed by atoms with Crippen LogP contribution in [-0.4, -0.2) is 54.7 Å². The molecule has 0 saturated carbocycles. The molecule has 9 heteroatoms. The first-order valence-electron chi connectivity index (χ1n) is 7.00. The van der Waals surface area contributed by atoms with E-state index in [-0.39, 0.29) is 11.1 Å². The van der Waals surface area contributed by atoms with Gasteiger partial charge in [-0.05, 0) is 25.5 Å². The van der Waals surface area contributed by atoms with Crippen molar-refractivity contribution in [3.05, 3.63) is 28.7 Å². The molecule has 1 saturated heterocycles. The van der Waals surface area contributed by atoms with Crippen LogP contribution >= 0.6 is 11.8 Å². The Morgan fingerprint density at radius 3 is 2.70 bits per heavy atom. The number of nitrogens with zero attached hydrogens (tertiary/aromatic N) is 3. The Balaban J connectivity index is 1.78. The normalized spacial score (nSPS) is 23.4. The van der Waals surface area contributed by atoms with Crippen LogP contribution in [0.1, 0.15) is 23.1 Å². The van der Waals surface area contributed by atoms with Gasteiger partial charge in [0, 0.05) is 12.8 Å². The molecular weight excluding hydrogens is 320 g/mol. The SMILES string of the molecule is CC1=C(C(=O)O)N2C(=O)[C@@H](NC(=O)c3cc(C)nn3C)[C@@H]2SC1. The number of thioether (sulfide) groups is 1. The summed E-state index contributed by atoms with van der Waals surface area (Å²) in [5, 5.41) is 15.7. The number of hydrogen-bond donors (Lipinski definition) is 2. The molecule has 23 heavy (non-hydrogen) atoms. The maximum atomic E-state index is 12.3. The van der Waals surface area contributed by atoms with Gasteiger partial charge in [0.05, 0.1) is 5.69 Å². The molecule has 2 N–H and O–H groups in total. The van der Waals surface area contributed by atoms with Crippen LogP contribution < -0.4 is 5.32 Å². The highest BCUT2D eigenvalue weighted by molar-refractivity contribution is 8.00. The molecule has 122 valence electrons. The van der Waals surface area contributed by atoms with Crippen molar-refractivity contribution in [3.63, 3.8) is 0 Å². The third-order valence-electron chi connectivity index (χ3n) is 3.88. The number of carboxylic acids is 1. The fourth-order valence-corrected chi connectivity index (χ4v) is 4.11. The number of aliphatic carboxylic acids is 1. The zero-order valence-corrected chi connectivity index (χ0v) is 13.7. The van der Waals surface area contributed by atoms with Crippen molar-refractivity contribution in [3.8, 4) is 0 Å². The molecule has 0 unspecified atom stereocenters. The summed E-state index contributed by atoms with van der Waals surface area (Å²) in [6.07, 6.45) is 0. The van der Waals surface area contributed by atoms with Crippen LogP contribution in [0, 0.1) is 6.92 Å². The second kappa shape index (κ2) is 5.41. The molecule has 8 nitrogen and oxygen atoms in total. The summed E-state index contributed by atoms with van der Waals surface area (Å²) in [7, 11) is 1.65. The molecule has 1 aromatic rings. The summed E-state index contributed by atoms with van der Waals surface area (Å²) in [5.41, 5.74) is 1.75. The number of carbonyl (C=O) groups is 3. The lowest BCUT2D eigenvalue weighted by Crippen LogP contribution is -2.70. The van der Waals surface area contributed by atoms with Gasteiger partial charge in [-0.3, -0.25) is 19.2 Å². The monoisotopic (exact) mass is 336 g/mol. The first kappa shape index (κ1) is 15.6. The summed E-state index contributed by atoms with van der Waals surface area (Å²) in [4.78, 5) is 37.2. The highest BCUT2D eigenvalue weighted by atomic mass is 32.2. The minimum absolute atomic E-state index is 0.0284. The van der Waals surface area contributed by atoms with E-state index in [2.05, 4.69) is 10.4 Å². The van der Waals surface area contributed by atoms with Gasteiger partial charge in [-0.2, -0.15) is 5.10 Å². The van der Waals surface area contributed by atoms with Gasteiger partial charge in [0.15, 0.2) is 0 Å². The molecule has 2 atom stereocenters. The first-order chi connectivity index (χ1) is 10.8. The zero-order chi connectivity index (χ0) is 16.9. The van der Waals surface area contributed by atoms with Gasteiger partial charge in [0.2, 0.25) is 0 Å². The summed E-state index contributed by atoms with van der Waals surface area (Å²) < 4.78 is 1.45. The maximum Gasteiger partial charge on any atom is 0.352 e. The highest BCUT2D eigenvalue weighted by Gasteiger charge is 2.53. The maximum absolute atomic E-state index is 12.3. The molecule has 1 aromatic heterocycles. The van der Waals surface area contributed by atoms with E-state index in [1.807, 2.05) is 0 Å². The van der Waals surface area contributed by atoms with E-state index in [4.69, 9.17) is 0 Å². The average molecular weight is 336 g/mol. The Bertz CT molecular complexity index is 754. The van der Waals surface area contributed by atoms with Crippen molar-refractivity contribution in [1.29, 1.82) is 0 Å². The molecule has 0 bridgehead atoms. The third-order valence-corrected chi connectivity index (χ3v) is 5.31. The molecule has 0 aliphatic carbocycles. The van der Waals surface area contributed by atoms with Crippen molar-refractivity contribution in [2.75, 3.05) is 5.75 Å². The Morgan fingerprint density at radius 1 is 1.43 bits per heavy atom. The van der Waals surface area contributed by atoms with Crippen LogP contribution in [0.5, 0.6) is 0 Å². The smallest absolute Gasteiger partial charge is 0.352 e. The minimum atomic E-state index is -1.12. The van der Waals surface area contributed by atoms with Gasteiger partial charge in [0.25, 0.3) is 11.8 Å². The van der Waals surface area contributed by atoms with Crippen LogP contribution in [0.3, 0.4) is 0 Å². The Kier molecular flexibility index (Phi) is 3.67. The van der Waals surface area contributed by atoms with Gasteiger partial charge in [-0.25, -0.2) is 4.79 Å². The number of β-lactam (4-membered cyclic amide) rings is 1. The third kappa shape index (κ3) is 2.40. The van der Waals surface area contributed by atoms with Crippen LogP contribution in [0.25, 0.3) is 0 Å². The van der Waals surface area contributed by atoms with E-state index < -0.39 is 23.8 Å². The van der Waals surface area contributed by atoms with E-state index >= 15 is 0 Å². The molecule has 2 aliphatic heterocycles. The number of rotatable bonds is 3. The first-order valence-corrected chi connectivity index (χ1v) is 8.05. The molecule has 0 aromatic carbocycles.